The van der Waals surface area contributed by atoms with Gasteiger partial charge in [-0.2, -0.15) is 0 Å². The highest BCUT2D eigenvalue weighted by molar-refractivity contribution is 5.78. The van der Waals surface area contributed by atoms with Crippen molar-refractivity contribution in [1.82, 2.24) is 5.32 Å². The second-order valence-corrected chi connectivity index (χ2v) is 5.18. The Balaban J connectivity index is 1.98. The predicted octanol–water partition coefficient (Wildman–Crippen LogP) is 3.15. The molecule has 1 aliphatic heterocycles. The first-order valence-corrected chi connectivity index (χ1v) is 6.97. The van der Waals surface area contributed by atoms with Crippen LogP contribution in [0.1, 0.15) is 6.92 Å². The van der Waals surface area contributed by atoms with Crippen molar-refractivity contribution in [2.75, 3.05) is 24.5 Å². The summed E-state index contributed by atoms with van der Waals surface area (Å²) in [5.41, 5.74) is 3.98. The monoisotopic (exact) mass is 252 g/mol. The van der Waals surface area contributed by atoms with Crippen molar-refractivity contribution in [3.63, 3.8) is 0 Å². The summed E-state index contributed by atoms with van der Waals surface area (Å²) in [5.74, 6) is 0. The van der Waals surface area contributed by atoms with Crippen LogP contribution in [0.3, 0.4) is 0 Å². The Morgan fingerprint density at radius 3 is 2.53 bits per heavy atom. The SMILES string of the molecule is C[C@H]1CN(c2ccccc2-c2ccccc2)CCN1. The molecule has 0 radical (unpaired) electrons. The van der Waals surface area contributed by atoms with Gasteiger partial charge in [0.15, 0.2) is 0 Å². The molecule has 0 saturated carbocycles. The van der Waals surface area contributed by atoms with Crippen molar-refractivity contribution in [3.05, 3.63) is 54.6 Å². The minimum absolute atomic E-state index is 0.553. The quantitative estimate of drug-likeness (QED) is 0.883. The summed E-state index contributed by atoms with van der Waals surface area (Å²) >= 11 is 0. The molecule has 1 heterocycles. The zero-order valence-electron chi connectivity index (χ0n) is 11.3. The van der Waals surface area contributed by atoms with Gasteiger partial charge in [0.1, 0.15) is 0 Å². The maximum absolute atomic E-state index is 3.50. The Hall–Kier alpha value is -1.80. The summed E-state index contributed by atoms with van der Waals surface area (Å²) in [6, 6.07) is 19.9. The van der Waals surface area contributed by atoms with E-state index in [1.165, 1.54) is 16.8 Å². The predicted molar refractivity (Wildman–Crippen MR) is 81.6 cm³/mol. The van der Waals surface area contributed by atoms with Gasteiger partial charge in [-0.3, -0.25) is 0 Å². The highest BCUT2D eigenvalue weighted by Crippen LogP contribution is 2.31. The lowest BCUT2D eigenvalue weighted by atomic mass is 10.0. The van der Waals surface area contributed by atoms with E-state index in [4.69, 9.17) is 0 Å². The van der Waals surface area contributed by atoms with Gasteiger partial charge in [-0.1, -0.05) is 48.5 Å². The number of benzene rings is 2. The molecular formula is C17H20N2. The smallest absolute Gasteiger partial charge is 0.0446 e. The highest BCUT2D eigenvalue weighted by Gasteiger charge is 2.18. The largest absolute Gasteiger partial charge is 0.368 e. The molecule has 2 aromatic rings. The summed E-state index contributed by atoms with van der Waals surface area (Å²) < 4.78 is 0. The number of piperazine rings is 1. The van der Waals surface area contributed by atoms with Crippen molar-refractivity contribution < 1.29 is 0 Å². The first-order chi connectivity index (χ1) is 9.34. The fraction of sp³-hybridized carbons (Fsp3) is 0.294. The van der Waals surface area contributed by atoms with Crippen LogP contribution < -0.4 is 10.2 Å². The minimum atomic E-state index is 0.553. The lowest BCUT2D eigenvalue weighted by Gasteiger charge is -2.35. The number of nitrogens with zero attached hydrogens (tertiary/aromatic N) is 1. The van der Waals surface area contributed by atoms with Gasteiger partial charge in [-0.25, -0.2) is 0 Å². The molecule has 0 aromatic heterocycles. The third kappa shape index (κ3) is 2.64. The van der Waals surface area contributed by atoms with Gasteiger partial charge in [-0.05, 0) is 18.6 Å². The molecule has 0 spiro atoms. The van der Waals surface area contributed by atoms with Crippen molar-refractivity contribution in [2.24, 2.45) is 0 Å². The second-order valence-electron chi connectivity index (χ2n) is 5.18. The number of rotatable bonds is 2. The fourth-order valence-corrected chi connectivity index (χ4v) is 2.76. The van der Waals surface area contributed by atoms with Gasteiger partial charge in [0.2, 0.25) is 0 Å². The van der Waals surface area contributed by atoms with E-state index in [0.29, 0.717) is 6.04 Å². The topological polar surface area (TPSA) is 15.3 Å². The molecule has 0 amide bonds. The zero-order valence-corrected chi connectivity index (χ0v) is 11.3. The van der Waals surface area contributed by atoms with Crippen LogP contribution in [0, 0.1) is 0 Å². The van der Waals surface area contributed by atoms with E-state index in [0.717, 1.165) is 19.6 Å². The molecule has 1 atom stereocenters. The standard InChI is InChI=1S/C17H20N2/c1-14-13-19(12-11-18-14)17-10-6-5-9-16(17)15-7-3-2-4-8-15/h2-10,14,18H,11-13H2,1H3/t14-/m0/s1. The highest BCUT2D eigenvalue weighted by atomic mass is 15.2. The van der Waals surface area contributed by atoms with Crippen LogP contribution >= 0.6 is 0 Å². The van der Waals surface area contributed by atoms with Crippen molar-refractivity contribution in [1.29, 1.82) is 0 Å². The van der Waals surface area contributed by atoms with Crippen LogP contribution in [0.4, 0.5) is 5.69 Å². The van der Waals surface area contributed by atoms with E-state index in [1.54, 1.807) is 0 Å². The number of anilines is 1. The molecule has 0 aliphatic carbocycles. The molecule has 2 aromatic carbocycles. The Labute approximate surface area is 115 Å². The maximum Gasteiger partial charge on any atom is 0.0446 e. The summed E-state index contributed by atoms with van der Waals surface area (Å²) in [6.45, 7) is 5.46. The number of nitrogens with one attached hydrogen (secondary N) is 1. The molecule has 2 heteroatoms. The third-order valence-corrected chi connectivity index (χ3v) is 3.70. The van der Waals surface area contributed by atoms with Crippen molar-refractivity contribution >= 4 is 5.69 Å². The first kappa shape index (κ1) is 12.2. The second kappa shape index (κ2) is 5.45. The van der Waals surface area contributed by atoms with Gasteiger partial charge < -0.3 is 10.2 Å². The van der Waals surface area contributed by atoms with Crippen LogP contribution in [0.15, 0.2) is 54.6 Å². The molecule has 1 fully saturated rings. The van der Waals surface area contributed by atoms with Crippen LogP contribution in [-0.2, 0) is 0 Å². The summed E-state index contributed by atoms with van der Waals surface area (Å²) in [6.07, 6.45) is 0. The van der Waals surface area contributed by atoms with Gasteiger partial charge in [0.05, 0.1) is 0 Å². The molecule has 1 N–H and O–H groups in total. The van der Waals surface area contributed by atoms with Gasteiger partial charge in [0.25, 0.3) is 0 Å². The lowest BCUT2D eigenvalue weighted by molar-refractivity contribution is 0.485. The first-order valence-electron chi connectivity index (χ1n) is 6.97. The molecule has 0 bridgehead atoms. The van der Waals surface area contributed by atoms with Crippen molar-refractivity contribution in [3.8, 4) is 11.1 Å². The van der Waals surface area contributed by atoms with E-state index in [-0.39, 0.29) is 0 Å². The van der Waals surface area contributed by atoms with E-state index >= 15 is 0 Å². The average molecular weight is 252 g/mol. The van der Waals surface area contributed by atoms with Crippen LogP contribution in [0.2, 0.25) is 0 Å². The Morgan fingerprint density at radius 1 is 1.00 bits per heavy atom. The lowest BCUT2D eigenvalue weighted by Crippen LogP contribution is -2.49. The number of hydrogen-bond acceptors (Lipinski definition) is 2. The summed E-state index contributed by atoms with van der Waals surface area (Å²) in [7, 11) is 0. The molecule has 98 valence electrons. The number of hydrogen-bond donors (Lipinski definition) is 1. The fourth-order valence-electron chi connectivity index (χ4n) is 2.76. The van der Waals surface area contributed by atoms with Gasteiger partial charge in [0, 0.05) is 36.9 Å². The number of para-hydroxylation sites is 1. The van der Waals surface area contributed by atoms with Gasteiger partial charge >= 0.3 is 0 Å². The molecule has 19 heavy (non-hydrogen) atoms. The van der Waals surface area contributed by atoms with Crippen LogP contribution in [-0.4, -0.2) is 25.7 Å². The minimum Gasteiger partial charge on any atom is -0.368 e. The molecule has 2 nitrogen and oxygen atoms in total. The molecule has 3 rings (SSSR count). The normalized spacial score (nSPS) is 19.4. The summed E-state index contributed by atoms with van der Waals surface area (Å²) in [4.78, 5) is 2.49. The molecule has 1 saturated heterocycles. The Kier molecular flexibility index (Phi) is 3.51. The third-order valence-electron chi connectivity index (χ3n) is 3.70. The maximum atomic E-state index is 3.50. The van der Waals surface area contributed by atoms with E-state index in [9.17, 15) is 0 Å². The molecular weight excluding hydrogens is 232 g/mol. The molecule has 0 unspecified atom stereocenters. The molecule has 1 aliphatic rings. The van der Waals surface area contributed by atoms with Crippen LogP contribution in [0.25, 0.3) is 11.1 Å². The van der Waals surface area contributed by atoms with Gasteiger partial charge in [-0.15, -0.1) is 0 Å². The zero-order chi connectivity index (χ0) is 13.1. The van der Waals surface area contributed by atoms with Crippen molar-refractivity contribution in [2.45, 2.75) is 13.0 Å². The van der Waals surface area contributed by atoms with Crippen LogP contribution in [0.5, 0.6) is 0 Å². The Bertz CT molecular complexity index is 536. The van der Waals surface area contributed by atoms with E-state index in [2.05, 4.69) is 71.7 Å². The summed E-state index contributed by atoms with van der Waals surface area (Å²) in [5, 5.41) is 3.50. The average Bonchev–Trinajstić information content (AvgIpc) is 2.48. The van der Waals surface area contributed by atoms with E-state index in [1.807, 2.05) is 0 Å². The van der Waals surface area contributed by atoms with E-state index < -0.39 is 0 Å². The Morgan fingerprint density at radius 2 is 1.74 bits per heavy atom.